The first kappa shape index (κ1) is 19.4. The average molecular weight is 386 g/mol. The molecule has 1 aliphatic carbocycles. The van der Waals surface area contributed by atoms with E-state index in [1.54, 1.807) is 22.7 Å². The van der Waals surface area contributed by atoms with E-state index in [1.165, 1.54) is 9.75 Å². The molecule has 2 atom stereocenters. The molecule has 1 fully saturated rings. The van der Waals surface area contributed by atoms with Crippen molar-refractivity contribution in [2.24, 2.45) is 17.6 Å². The summed E-state index contributed by atoms with van der Waals surface area (Å²) in [5.74, 6) is 0.679. The normalized spacial score (nSPS) is 19.9. The fourth-order valence-electron chi connectivity index (χ4n) is 3.23. The molecular formula is C17H24ClN3OS2. The van der Waals surface area contributed by atoms with Crippen molar-refractivity contribution >= 4 is 41.0 Å². The van der Waals surface area contributed by atoms with Gasteiger partial charge in [0.15, 0.2) is 0 Å². The molecule has 0 saturated heterocycles. The number of carbonyl (C=O) groups excluding carboxylic acids is 1. The molecule has 2 aromatic heterocycles. The first-order valence-corrected chi connectivity index (χ1v) is 9.86. The smallest absolute Gasteiger partial charge is 0.223 e. The second-order valence-electron chi connectivity index (χ2n) is 6.09. The number of nitrogens with two attached hydrogens (primary N) is 1. The molecule has 0 aliphatic heterocycles. The van der Waals surface area contributed by atoms with E-state index in [2.05, 4.69) is 27.8 Å². The van der Waals surface area contributed by atoms with E-state index < -0.39 is 0 Å². The van der Waals surface area contributed by atoms with Crippen molar-refractivity contribution in [3.05, 3.63) is 27.4 Å². The van der Waals surface area contributed by atoms with Gasteiger partial charge < -0.3 is 11.1 Å². The molecule has 0 spiro atoms. The number of rotatable bonds is 6. The number of amides is 1. The summed E-state index contributed by atoms with van der Waals surface area (Å²) in [7, 11) is 0. The van der Waals surface area contributed by atoms with Crippen LogP contribution in [0.1, 0.15) is 29.1 Å². The number of hydrogen-bond donors (Lipinski definition) is 2. The van der Waals surface area contributed by atoms with E-state index in [-0.39, 0.29) is 24.2 Å². The number of nitrogens with zero attached hydrogens (tertiary/aromatic N) is 1. The molecule has 1 saturated carbocycles. The van der Waals surface area contributed by atoms with Crippen molar-refractivity contribution in [3.8, 4) is 10.6 Å². The lowest BCUT2D eigenvalue weighted by Crippen LogP contribution is -2.36. The summed E-state index contributed by atoms with van der Waals surface area (Å²) in [6.07, 6.45) is 4.08. The largest absolute Gasteiger partial charge is 0.355 e. The SMILES string of the molecule is Cc1nc(-c2ccc(CCNC(=O)[C@@H]3CCC[C@@H]3CN)s2)cs1.Cl. The molecule has 0 unspecified atom stereocenters. The molecule has 0 aromatic carbocycles. The number of carbonyl (C=O) groups is 1. The highest BCUT2D eigenvalue weighted by Gasteiger charge is 2.31. The topological polar surface area (TPSA) is 68.0 Å². The van der Waals surface area contributed by atoms with Crippen molar-refractivity contribution in [3.63, 3.8) is 0 Å². The molecule has 1 amide bonds. The molecule has 3 rings (SSSR count). The quantitative estimate of drug-likeness (QED) is 0.797. The predicted octanol–water partition coefficient (Wildman–Crippen LogP) is 3.64. The molecule has 2 heterocycles. The minimum atomic E-state index is 0. The van der Waals surface area contributed by atoms with Gasteiger partial charge in [0, 0.05) is 22.7 Å². The molecular weight excluding hydrogens is 362 g/mol. The van der Waals surface area contributed by atoms with Crippen molar-refractivity contribution in [1.29, 1.82) is 0 Å². The zero-order chi connectivity index (χ0) is 16.2. The van der Waals surface area contributed by atoms with Crippen molar-refractivity contribution in [1.82, 2.24) is 10.3 Å². The molecule has 1 aliphatic rings. The van der Waals surface area contributed by atoms with Crippen molar-refractivity contribution < 1.29 is 4.79 Å². The van der Waals surface area contributed by atoms with Gasteiger partial charge in [0.1, 0.15) is 0 Å². The van der Waals surface area contributed by atoms with Crippen LogP contribution < -0.4 is 11.1 Å². The fourth-order valence-corrected chi connectivity index (χ4v) is 4.89. The Morgan fingerprint density at radius 3 is 2.96 bits per heavy atom. The zero-order valence-electron chi connectivity index (χ0n) is 13.8. The highest BCUT2D eigenvalue weighted by Crippen LogP contribution is 2.31. The van der Waals surface area contributed by atoms with Gasteiger partial charge >= 0.3 is 0 Å². The second kappa shape index (κ2) is 8.94. The van der Waals surface area contributed by atoms with Crippen LogP contribution in [0, 0.1) is 18.8 Å². The highest BCUT2D eigenvalue weighted by atomic mass is 35.5. The van der Waals surface area contributed by atoms with Gasteiger partial charge in [-0.2, -0.15) is 0 Å². The highest BCUT2D eigenvalue weighted by molar-refractivity contribution is 7.16. The predicted molar refractivity (Wildman–Crippen MR) is 104 cm³/mol. The Bertz CT molecular complexity index is 670. The summed E-state index contributed by atoms with van der Waals surface area (Å²) >= 11 is 3.44. The number of aromatic nitrogens is 1. The summed E-state index contributed by atoms with van der Waals surface area (Å²) in [5, 5.41) is 6.28. The number of thiophene rings is 1. The summed E-state index contributed by atoms with van der Waals surface area (Å²) in [6, 6.07) is 4.26. The number of thiazole rings is 1. The number of halogens is 1. The van der Waals surface area contributed by atoms with Crippen LogP contribution in [0.2, 0.25) is 0 Å². The van der Waals surface area contributed by atoms with Gasteiger partial charge in [-0.05, 0) is 50.8 Å². The van der Waals surface area contributed by atoms with Gasteiger partial charge in [-0.3, -0.25) is 4.79 Å². The Hall–Kier alpha value is -0.950. The Kier molecular flexibility index (Phi) is 7.22. The van der Waals surface area contributed by atoms with Crippen LogP contribution in [-0.2, 0) is 11.2 Å². The lowest BCUT2D eigenvalue weighted by molar-refractivity contribution is -0.125. The van der Waals surface area contributed by atoms with Gasteiger partial charge in [0.2, 0.25) is 5.91 Å². The molecule has 0 radical (unpaired) electrons. The number of hydrogen-bond acceptors (Lipinski definition) is 5. The van der Waals surface area contributed by atoms with E-state index in [0.717, 1.165) is 36.4 Å². The average Bonchev–Trinajstić information content (AvgIpc) is 3.26. The maximum atomic E-state index is 12.3. The van der Waals surface area contributed by atoms with Crippen LogP contribution in [0.4, 0.5) is 0 Å². The van der Waals surface area contributed by atoms with E-state index in [1.807, 2.05) is 6.92 Å². The molecule has 24 heavy (non-hydrogen) atoms. The summed E-state index contributed by atoms with van der Waals surface area (Å²) in [5.41, 5.74) is 6.82. The zero-order valence-corrected chi connectivity index (χ0v) is 16.2. The van der Waals surface area contributed by atoms with E-state index in [9.17, 15) is 4.79 Å². The van der Waals surface area contributed by atoms with Gasteiger partial charge in [-0.15, -0.1) is 35.1 Å². The van der Waals surface area contributed by atoms with Gasteiger partial charge in [0.05, 0.1) is 15.6 Å². The van der Waals surface area contributed by atoms with Crippen molar-refractivity contribution in [2.75, 3.05) is 13.1 Å². The number of nitrogens with one attached hydrogen (secondary N) is 1. The van der Waals surface area contributed by atoms with Gasteiger partial charge in [-0.25, -0.2) is 4.98 Å². The maximum absolute atomic E-state index is 12.3. The molecule has 0 bridgehead atoms. The van der Waals surface area contributed by atoms with Crippen LogP contribution in [0.25, 0.3) is 10.6 Å². The monoisotopic (exact) mass is 385 g/mol. The van der Waals surface area contributed by atoms with Crippen LogP contribution in [0.3, 0.4) is 0 Å². The molecule has 7 heteroatoms. The summed E-state index contributed by atoms with van der Waals surface area (Å²) in [6.45, 7) is 3.35. The van der Waals surface area contributed by atoms with E-state index in [4.69, 9.17) is 5.73 Å². The van der Waals surface area contributed by atoms with E-state index in [0.29, 0.717) is 19.0 Å². The Labute approximate surface area is 157 Å². The first-order valence-electron chi connectivity index (χ1n) is 8.16. The molecule has 3 N–H and O–H groups in total. The summed E-state index contributed by atoms with van der Waals surface area (Å²) < 4.78 is 0. The molecule has 2 aromatic rings. The Morgan fingerprint density at radius 1 is 1.42 bits per heavy atom. The van der Waals surface area contributed by atoms with Gasteiger partial charge in [0.25, 0.3) is 0 Å². The Morgan fingerprint density at radius 2 is 2.25 bits per heavy atom. The number of aryl methyl sites for hydroxylation is 1. The fraction of sp³-hybridized carbons (Fsp3) is 0.529. The van der Waals surface area contributed by atoms with Crippen molar-refractivity contribution in [2.45, 2.75) is 32.6 Å². The minimum Gasteiger partial charge on any atom is -0.355 e. The lowest BCUT2D eigenvalue weighted by atomic mass is 9.95. The second-order valence-corrected chi connectivity index (χ2v) is 8.32. The Balaban J connectivity index is 0.00000208. The van der Waals surface area contributed by atoms with Crippen LogP contribution >= 0.6 is 35.1 Å². The standard InChI is InChI=1S/C17H23N3OS2.ClH/c1-11-20-15(10-22-11)16-6-5-13(23-16)7-8-19-17(21)14-4-2-3-12(14)9-18;/h5-6,10,12,14H,2-4,7-9,18H2,1H3,(H,19,21);1H/t12-,14-;/m1./s1. The maximum Gasteiger partial charge on any atom is 0.223 e. The van der Waals surface area contributed by atoms with Crippen LogP contribution in [0.5, 0.6) is 0 Å². The summed E-state index contributed by atoms with van der Waals surface area (Å²) in [4.78, 5) is 19.3. The molecule has 132 valence electrons. The van der Waals surface area contributed by atoms with E-state index >= 15 is 0 Å². The van der Waals surface area contributed by atoms with Gasteiger partial charge in [-0.1, -0.05) is 6.42 Å². The first-order chi connectivity index (χ1) is 11.2. The molecule has 4 nitrogen and oxygen atoms in total. The van der Waals surface area contributed by atoms with Crippen LogP contribution in [-0.4, -0.2) is 24.0 Å². The third kappa shape index (κ3) is 4.57. The third-order valence-electron chi connectivity index (χ3n) is 4.50. The van der Waals surface area contributed by atoms with Crippen LogP contribution in [0.15, 0.2) is 17.5 Å². The third-order valence-corrected chi connectivity index (χ3v) is 6.44. The minimum absolute atomic E-state index is 0. The lowest BCUT2D eigenvalue weighted by Gasteiger charge is -2.17.